The van der Waals surface area contributed by atoms with Gasteiger partial charge in [-0.3, -0.25) is 14.5 Å². The molecule has 0 spiro atoms. The molecule has 1 aromatic heterocycles. The first kappa shape index (κ1) is 21.3. The summed E-state index contributed by atoms with van der Waals surface area (Å²) < 4.78 is 33.5. The average molecular weight is 426 g/mol. The number of nitrogens with one attached hydrogen (secondary N) is 1. The Morgan fingerprint density at radius 2 is 1.73 bits per heavy atom. The van der Waals surface area contributed by atoms with E-state index in [2.05, 4.69) is 9.71 Å². The third-order valence-electron chi connectivity index (χ3n) is 4.58. The first-order chi connectivity index (χ1) is 14.3. The van der Waals surface area contributed by atoms with Crippen LogP contribution in [0.15, 0.2) is 71.9 Å². The molecular formula is C22H23N3O4S. The van der Waals surface area contributed by atoms with Gasteiger partial charge in [0.25, 0.3) is 15.9 Å². The van der Waals surface area contributed by atoms with E-state index in [1.54, 1.807) is 62.8 Å². The number of aromatic nitrogens is 1. The number of sulfonamides is 1. The number of amides is 1. The number of benzene rings is 2. The van der Waals surface area contributed by atoms with Gasteiger partial charge in [0.05, 0.1) is 12.0 Å². The van der Waals surface area contributed by atoms with E-state index < -0.39 is 10.0 Å². The van der Waals surface area contributed by atoms with Gasteiger partial charge in [-0.2, -0.15) is 0 Å². The molecule has 0 aliphatic carbocycles. The molecule has 0 aliphatic rings. The summed E-state index contributed by atoms with van der Waals surface area (Å²) in [5.74, 6) is 0.353. The quantitative estimate of drug-likeness (QED) is 0.626. The lowest BCUT2D eigenvalue weighted by molar-refractivity contribution is 0.0785. The zero-order valence-corrected chi connectivity index (χ0v) is 17.8. The molecule has 0 aliphatic heterocycles. The normalized spacial score (nSPS) is 11.0. The molecule has 0 saturated carbocycles. The van der Waals surface area contributed by atoms with Gasteiger partial charge < -0.3 is 9.64 Å². The number of methoxy groups -OCH3 is 1. The summed E-state index contributed by atoms with van der Waals surface area (Å²) >= 11 is 0. The molecule has 0 unspecified atom stereocenters. The Balaban J connectivity index is 1.83. The van der Waals surface area contributed by atoms with Gasteiger partial charge in [0, 0.05) is 37.2 Å². The molecule has 1 heterocycles. The van der Waals surface area contributed by atoms with Gasteiger partial charge >= 0.3 is 0 Å². The largest absolute Gasteiger partial charge is 0.497 e. The van der Waals surface area contributed by atoms with E-state index in [1.165, 1.54) is 18.1 Å². The molecule has 3 rings (SSSR count). The monoisotopic (exact) mass is 425 g/mol. The summed E-state index contributed by atoms with van der Waals surface area (Å²) in [6, 6.07) is 14.9. The maximum Gasteiger partial charge on any atom is 0.262 e. The second-order valence-corrected chi connectivity index (χ2v) is 8.48. The van der Waals surface area contributed by atoms with Crippen LogP contribution in [0.1, 0.15) is 21.5 Å². The number of pyridine rings is 1. The number of ether oxygens (including phenoxy) is 1. The number of anilines is 1. The molecule has 0 bridgehead atoms. The molecule has 156 valence electrons. The molecule has 1 amide bonds. The van der Waals surface area contributed by atoms with Crippen molar-refractivity contribution >= 4 is 21.6 Å². The predicted molar refractivity (Wildman–Crippen MR) is 115 cm³/mol. The molecule has 0 fully saturated rings. The van der Waals surface area contributed by atoms with Crippen molar-refractivity contribution in [2.45, 2.75) is 18.4 Å². The number of carbonyl (C=O) groups excluding carboxylic acids is 1. The lowest BCUT2D eigenvalue weighted by Gasteiger charge is -2.18. The van der Waals surface area contributed by atoms with Crippen LogP contribution < -0.4 is 9.46 Å². The molecular weight excluding hydrogens is 402 g/mol. The van der Waals surface area contributed by atoms with E-state index in [4.69, 9.17) is 4.74 Å². The zero-order valence-electron chi connectivity index (χ0n) is 17.0. The Morgan fingerprint density at radius 1 is 1.07 bits per heavy atom. The van der Waals surface area contributed by atoms with E-state index in [1.807, 2.05) is 12.1 Å². The standard InChI is InChI=1S/C22H23N3O4S/c1-16-4-5-18(22(26)25(2)15-17-10-12-23-13-11-17)14-21(16)30(27,28)24-19-6-8-20(29-3)9-7-19/h4-14,24H,15H2,1-3H3. The van der Waals surface area contributed by atoms with Gasteiger partial charge in [0.15, 0.2) is 0 Å². The lowest BCUT2D eigenvalue weighted by Crippen LogP contribution is -2.26. The number of rotatable bonds is 7. The van der Waals surface area contributed by atoms with Crippen LogP contribution in [0.2, 0.25) is 0 Å². The number of hydrogen-bond acceptors (Lipinski definition) is 5. The summed E-state index contributed by atoms with van der Waals surface area (Å²) in [4.78, 5) is 18.4. The van der Waals surface area contributed by atoms with Crippen LogP contribution in [0, 0.1) is 6.92 Å². The van der Waals surface area contributed by atoms with Crippen molar-refractivity contribution in [2.24, 2.45) is 0 Å². The fraction of sp³-hybridized carbons (Fsp3) is 0.182. The summed E-state index contributed by atoms with van der Waals surface area (Å²) in [6.07, 6.45) is 3.32. The average Bonchev–Trinajstić information content (AvgIpc) is 2.74. The van der Waals surface area contributed by atoms with Crippen molar-refractivity contribution in [3.05, 3.63) is 83.7 Å². The molecule has 0 saturated heterocycles. The van der Waals surface area contributed by atoms with Gasteiger partial charge in [-0.25, -0.2) is 8.42 Å². The minimum Gasteiger partial charge on any atom is -0.497 e. The second-order valence-electron chi connectivity index (χ2n) is 6.83. The fourth-order valence-electron chi connectivity index (χ4n) is 2.95. The van der Waals surface area contributed by atoms with E-state index in [0.29, 0.717) is 29.1 Å². The van der Waals surface area contributed by atoms with E-state index in [9.17, 15) is 13.2 Å². The Hall–Kier alpha value is -3.39. The van der Waals surface area contributed by atoms with Gasteiger partial charge in [-0.05, 0) is 66.6 Å². The van der Waals surface area contributed by atoms with E-state index in [0.717, 1.165) is 5.56 Å². The zero-order chi connectivity index (χ0) is 21.7. The van der Waals surface area contributed by atoms with Crippen LogP contribution >= 0.6 is 0 Å². The molecule has 3 aromatic rings. The van der Waals surface area contributed by atoms with Crippen molar-refractivity contribution < 1.29 is 17.9 Å². The molecule has 8 heteroatoms. The Bertz CT molecular complexity index is 1130. The minimum absolute atomic E-state index is 0.0569. The third-order valence-corrected chi connectivity index (χ3v) is 6.11. The first-order valence-electron chi connectivity index (χ1n) is 9.22. The highest BCUT2D eigenvalue weighted by molar-refractivity contribution is 7.92. The van der Waals surface area contributed by atoms with Crippen LogP contribution in [0.5, 0.6) is 5.75 Å². The summed E-state index contributed by atoms with van der Waals surface area (Å²) in [6.45, 7) is 2.08. The van der Waals surface area contributed by atoms with Crippen LogP contribution in [0.3, 0.4) is 0 Å². The smallest absolute Gasteiger partial charge is 0.262 e. The van der Waals surface area contributed by atoms with Crippen molar-refractivity contribution in [1.29, 1.82) is 0 Å². The maximum atomic E-state index is 12.9. The summed E-state index contributed by atoms with van der Waals surface area (Å²) in [7, 11) is -0.663. The van der Waals surface area contributed by atoms with Crippen LogP contribution in [-0.4, -0.2) is 38.4 Å². The highest BCUT2D eigenvalue weighted by atomic mass is 32.2. The highest BCUT2D eigenvalue weighted by Gasteiger charge is 2.21. The predicted octanol–water partition coefficient (Wildman–Crippen LogP) is 3.47. The van der Waals surface area contributed by atoms with Gasteiger partial charge in [-0.15, -0.1) is 0 Å². The molecule has 0 atom stereocenters. The van der Waals surface area contributed by atoms with Gasteiger partial charge in [0.1, 0.15) is 5.75 Å². The molecule has 30 heavy (non-hydrogen) atoms. The number of carbonyl (C=O) groups is 1. The van der Waals surface area contributed by atoms with Gasteiger partial charge in [0.2, 0.25) is 0 Å². The molecule has 1 N–H and O–H groups in total. The van der Waals surface area contributed by atoms with Crippen molar-refractivity contribution in [3.8, 4) is 5.75 Å². The molecule has 0 radical (unpaired) electrons. The van der Waals surface area contributed by atoms with Crippen LogP contribution in [0.4, 0.5) is 5.69 Å². The number of nitrogens with zero attached hydrogens (tertiary/aromatic N) is 2. The number of hydrogen-bond donors (Lipinski definition) is 1. The summed E-state index contributed by atoms with van der Waals surface area (Å²) in [5, 5.41) is 0. The van der Waals surface area contributed by atoms with Crippen molar-refractivity contribution in [3.63, 3.8) is 0 Å². The van der Waals surface area contributed by atoms with Crippen LogP contribution in [0.25, 0.3) is 0 Å². The number of aryl methyl sites for hydroxylation is 1. The lowest BCUT2D eigenvalue weighted by atomic mass is 10.1. The van der Waals surface area contributed by atoms with E-state index >= 15 is 0 Å². The summed E-state index contributed by atoms with van der Waals surface area (Å²) in [5.41, 5.74) is 2.18. The van der Waals surface area contributed by atoms with Crippen LogP contribution in [-0.2, 0) is 16.6 Å². The van der Waals surface area contributed by atoms with E-state index in [-0.39, 0.29) is 10.8 Å². The Labute approximate surface area is 176 Å². The maximum absolute atomic E-state index is 12.9. The Kier molecular flexibility index (Phi) is 6.37. The first-order valence-corrected chi connectivity index (χ1v) is 10.7. The topological polar surface area (TPSA) is 88.6 Å². The van der Waals surface area contributed by atoms with Crippen molar-refractivity contribution in [2.75, 3.05) is 18.9 Å². The molecule has 7 nitrogen and oxygen atoms in total. The minimum atomic E-state index is -3.87. The molecule has 2 aromatic carbocycles. The second kappa shape index (κ2) is 8.96. The fourth-order valence-corrected chi connectivity index (χ4v) is 4.28. The Morgan fingerprint density at radius 3 is 2.37 bits per heavy atom. The van der Waals surface area contributed by atoms with Crippen molar-refractivity contribution in [1.82, 2.24) is 9.88 Å². The SMILES string of the molecule is COc1ccc(NS(=O)(=O)c2cc(C(=O)N(C)Cc3ccncc3)ccc2C)cc1. The third kappa shape index (κ3) is 4.96. The van der Waals surface area contributed by atoms with Gasteiger partial charge in [-0.1, -0.05) is 6.07 Å². The highest BCUT2D eigenvalue weighted by Crippen LogP contribution is 2.23.